The average molecular weight is 404 g/mol. The first-order valence-electron chi connectivity index (χ1n) is 9.74. The zero-order valence-electron chi connectivity index (χ0n) is 16.5. The van der Waals surface area contributed by atoms with Gasteiger partial charge in [-0.25, -0.2) is 18.0 Å². The summed E-state index contributed by atoms with van der Waals surface area (Å²) in [4.78, 5) is 12.3. The molecule has 0 aliphatic heterocycles. The van der Waals surface area contributed by atoms with E-state index in [1.807, 2.05) is 0 Å². The second kappa shape index (κ2) is 9.16. The lowest BCUT2D eigenvalue weighted by Gasteiger charge is -2.11. The van der Waals surface area contributed by atoms with Crippen LogP contribution in [-0.4, -0.2) is 0 Å². The number of benzene rings is 2. The molecule has 0 radical (unpaired) electrons. The topological polar surface area (TPSA) is 39.4 Å². The number of ether oxygens (including phenoxy) is 1. The summed E-state index contributed by atoms with van der Waals surface area (Å²) in [7, 11) is 0. The Morgan fingerprint density at radius 3 is 2.52 bits per heavy atom. The molecule has 0 atom stereocenters. The summed E-state index contributed by atoms with van der Waals surface area (Å²) in [5, 5.41) is 0.208. The van der Waals surface area contributed by atoms with E-state index >= 15 is 0 Å². The van der Waals surface area contributed by atoms with Crippen molar-refractivity contribution >= 4 is 10.8 Å². The molecule has 1 aromatic heterocycles. The van der Waals surface area contributed by atoms with Crippen LogP contribution in [0, 0.1) is 24.4 Å². The van der Waals surface area contributed by atoms with E-state index in [1.165, 1.54) is 25.1 Å². The molecule has 154 valence electrons. The summed E-state index contributed by atoms with van der Waals surface area (Å²) in [6.07, 6.45) is 4.76. The summed E-state index contributed by atoms with van der Waals surface area (Å²) < 4.78 is 53.0. The molecule has 0 amide bonds. The summed E-state index contributed by atoms with van der Waals surface area (Å²) in [5.74, 6) is -2.57. The van der Waals surface area contributed by atoms with E-state index in [0.717, 1.165) is 25.7 Å². The van der Waals surface area contributed by atoms with Gasteiger partial charge in [0.2, 0.25) is 0 Å². The second-order valence-electron chi connectivity index (χ2n) is 7.11. The Balaban J connectivity index is 1.82. The van der Waals surface area contributed by atoms with E-state index in [4.69, 9.17) is 9.15 Å². The minimum Gasteiger partial charge on any atom is -0.486 e. The molecule has 29 heavy (non-hydrogen) atoms. The predicted octanol–water partition coefficient (Wildman–Crippen LogP) is 6.22. The third-order valence-electron chi connectivity index (χ3n) is 4.90. The lowest BCUT2D eigenvalue weighted by Crippen LogP contribution is -2.07. The smallest absolute Gasteiger partial charge is 0.346 e. The van der Waals surface area contributed by atoms with Gasteiger partial charge in [0.15, 0.2) is 23.2 Å². The molecule has 0 bridgehead atoms. The van der Waals surface area contributed by atoms with Crippen LogP contribution in [0.1, 0.15) is 49.5 Å². The third kappa shape index (κ3) is 4.63. The summed E-state index contributed by atoms with van der Waals surface area (Å²) in [5.41, 5.74) is -0.642. The molecule has 6 heteroatoms. The highest BCUT2D eigenvalue weighted by molar-refractivity contribution is 5.83. The number of aryl methyl sites for hydroxylation is 2. The Kier molecular flexibility index (Phi) is 6.62. The molecule has 0 saturated heterocycles. The van der Waals surface area contributed by atoms with Crippen LogP contribution in [0.4, 0.5) is 13.2 Å². The average Bonchev–Trinajstić information content (AvgIpc) is 2.70. The standard InChI is InChI=1S/C23H23F3O3/c1-3-4-5-6-7-17-12-15-10-11-18(22(26)19(15)23(27)29-17)28-13-16-9-8-14(2)20(24)21(16)25/h8-12H,3-7,13H2,1-2H3. The Morgan fingerprint density at radius 1 is 0.966 bits per heavy atom. The minimum absolute atomic E-state index is 0.0398. The number of unbranched alkanes of at least 4 members (excludes halogenated alkanes) is 3. The molecule has 0 unspecified atom stereocenters. The summed E-state index contributed by atoms with van der Waals surface area (Å²) in [6.45, 7) is 3.19. The maximum absolute atomic E-state index is 14.8. The summed E-state index contributed by atoms with van der Waals surface area (Å²) >= 11 is 0. The van der Waals surface area contributed by atoms with Gasteiger partial charge < -0.3 is 9.15 Å². The number of hydrogen-bond acceptors (Lipinski definition) is 3. The molecular weight excluding hydrogens is 381 g/mol. The first-order valence-corrected chi connectivity index (χ1v) is 9.74. The fourth-order valence-electron chi connectivity index (χ4n) is 3.19. The van der Waals surface area contributed by atoms with E-state index in [1.54, 1.807) is 12.1 Å². The van der Waals surface area contributed by atoms with E-state index in [0.29, 0.717) is 17.6 Å². The molecule has 0 spiro atoms. The maximum atomic E-state index is 14.8. The quantitative estimate of drug-likeness (QED) is 0.418. The van der Waals surface area contributed by atoms with Crippen molar-refractivity contribution in [2.75, 3.05) is 0 Å². The van der Waals surface area contributed by atoms with Crippen LogP contribution >= 0.6 is 0 Å². The van der Waals surface area contributed by atoms with Crippen LogP contribution in [0.3, 0.4) is 0 Å². The zero-order chi connectivity index (χ0) is 21.0. The van der Waals surface area contributed by atoms with Crippen LogP contribution < -0.4 is 10.4 Å². The van der Waals surface area contributed by atoms with Gasteiger partial charge in [-0.2, -0.15) is 0 Å². The van der Waals surface area contributed by atoms with Crippen molar-refractivity contribution in [2.45, 2.75) is 52.6 Å². The van der Waals surface area contributed by atoms with E-state index in [-0.39, 0.29) is 28.9 Å². The van der Waals surface area contributed by atoms with Gasteiger partial charge in [0.25, 0.3) is 0 Å². The fourth-order valence-corrected chi connectivity index (χ4v) is 3.19. The van der Waals surface area contributed by atoms with Crippen LogP contribution in [-0.2, 0) is 13.0 Å². The third-order valence-corrected chi connectivity index (χ3v) is 4.90. The highest BCUT2D eigenvalue weighted by atomic mass is 19.2. The maximum Gasteiger partial charge on any atom is 0.346 e. The second-order valence-corrected chi connectivity index (χ2v) is 7.11. The highest BCUT2D eigenvalue weighted by Gasteiger charge is 2.16. The van der Waals surface area contributed by atoms with E-state index in [2.05, 4.69) is 6.92 Å². The Bertz CT molecular complexity index is 1070. The molecule has 0 saturated carbocycles. The van der Waals surface area contributed by atoms with Crippen LogP contribution in [0.5, 0.6) is 5.75 Å². The molecule has 3 rings (SSSR count). The molecule has 0 N–H and O–H groups in total. The first kappa shape index (κ1) is 21.0. The molecule has 0 aliphatic rings. The van der Waals surface area contributed by atoms with Gasteiger partial charge in [-0.15, -0.1) is 0 Å². The van der Waals surface area contributed by atoms with Crippen LogP contribution in [0.15, 0.2) is 39.5 Å². The highest BCUT2D eigenvalue weighted by Crippen LogP contribution is 2.27. The van der Waals surface area contributed by atoms with Crippen molar-refractivity contribution in [3.63, 3.8) is 0 Å². The number of halogens is 3. The Hall–Kier alpha value is -2.76. The van der Waals surface area contributed by atoms with Gasteiger partial charge in [-0.1, -0.05) is 44.4 Å². The molecule has 1 heterocycles. The van der Waals surface area contributed by atoms with Gasteiger partial charge in [0, 0.05) is 12.0 Å². The van der Waals surface area contributed by atoms with Gasteiger partial charge >= 0.3 is 5.63 Å². The number of fused-ring (bicyclic) bond motifs is 1. The van der Waals surface area contributed by atoms with Crippen molar-refractivity contribution in [3.8, 4) is 5.75 Å². The lowest BCUT2D eigenvalue weighted by molar-refractivity contribution is 0.283. The van der Waals surface area contributed by atoms with Gasteiger partial charge in [0.1, 0.15) is 17.8 Å². The molecular formula is C23H23F3O3. The summed E-state index contributed by atoms with van der Waals surface area (Å²) in [6, 6.07) is 7.40. The largest absolute Gasteiger partial charge is 0.486 e. The molecule has 3 nitrogen and oxygen atoms in total. The number of hydrogen-bond donors (Lipinski definition) is 0. The van der Waals surface area contributed by atoms with Gasteiger partial charge in [0.05, 0.1) is 0 Å². The first-order chi connectivity index (χ1) is 13.9. The monoisotopic (exact) mass is 404 g/mol. The molecule has 0 fully saturated rings. The minimum atomic E-state index is -1.03. The normalized spacial score (nSPS) is 11.2. The lowest BCUT2D eigenvalue weighted by atomic mass is 10.1. The van der Waals surface area contributed by atoms with Crippen molar-refractivity contribution in [3.05, 3.63) is 75.1 Å². The molecule has 0 aliphatic carbocycles. The fraction of sp³-hybridized carbons (Fsp3) is 0.348. The Labute approximate surface area is 167 Å². The molecule has 2 aromatic carbocycles. The van der Waals surface area contributed by atoms with Gasteiger partial charge in [-0.3, -0.25) is 0 Å². The zero-order valence-corrected chi connectivity index (χ0v) is 16.5. The van der Waals surface area contributed by atoms with Crippen LogP contribution in [0.25, 0.3) is 10.8 Å². The Morgan fingerprint density at radius 2 is 1.76 bits per heavy atom. The van der Waals surface area contributed by atoms with E-state index in [9.17, 15) is 18.0 Å². The van der Waals surface area contributed by atoms with Gasteiger partial charge in [-0.05, 0) is 36.4 Å². The van der Waals surface area contributed by atoms with Crippen molar-refractivity contribution < 1.29 is 22.3 Å². The van der Waals surface area contributed by atoms with Crippen molar-refractivity contribution in [2.24, 2.45) is 0 Å². The SMILES string of the molecule is CCCCCCc1cc2ccc(OCc3ccc(C)c(F)c3F)c(F)c2c(=O)o1. The van der Waals surface area contributed by atoms with Crippen LogP contribution in [0.2, 0.25) is 0 Å². The van der Waals surface area contributed by atoms with Crippen molar-refractivity contribution in [1.29, 1.82) is 0 Å². The molecule has 3 aromatic rings. The number of rotatable bonds is 8. The van der Waals surface area contributed by atoms with E-state index < -0.39 is 23.1 Å². The van der Waals surface area contributed by atoms with Crippen molar-refractivity contribution in [1.82, 2.24) is 0 Å². The predicted molar refractivity (Wildman–Crippen MR) is 106 cm³/mol.